The predicted octanol–water partition coefficient (Wildman–Crippen LogP) is 3.24. The highest BCUT2D eigenvalue weighted by atomic mass is 16.2. The van der Waals surface area contributed by atoms with Crippen molar-refractivity contribution in [3.63, 3.8) is 0 Å². The Labute approximate surface area is 174 Å². The van der Waals surface area contributed by atoms with E-state index < -0.39 is 0 Å². The highest BCUT2D eigenvalue weighted by Crippen LogP contribution is 2.22. The number of nitrogens with zero attached hydrogens (tertiary/aromatic N) is 2. The molecule has 6 heteroatoms. The number of rotatable bonds is 7. The molecule has 150 valence electrons. The van der Waals surface area contributed by atoms with E-state index in [1.54, 1.807) is 24.4 Å². The number of nitrogens with one attached hydrogen (secondary N) is 2. The van der Waals surface area contributed by atoms with E-state index in [-0.39, 0.29) is 11.8 Å². The molecule has 4 rings (SSSR count). The van der Waals surface area contributed by atoms with E-state index in [1.807, 2.05) is 48.7 Å². The molecule has 0 unspecified atom stereocenters. The number of amides is 2. The van der Waals surface area contributed by atoms with Crippen molar-refractivity contribution in [2.75, 3.05) is 13.1 Å². The summed E-state index contributed by atoms with van der Waals surface area (Å²) in [6.45, 7) is 1.34. The average molecular weight is 398 g/mol. The summed E-state index contributed by atoms with van der Waals surface area (Å²) in [6.07, 6.45) is 3.46. The first-order chi connectivity index (χ1) is 14.7. The van der Waals surface area contributed by atoms with E-state index >= 15 is 0 Å². The molecule has 2 heterocycles. The Hall–Kier alpha value is -3.93. The second kappa shape index (κ2) is 9.05. The molecular formula is C24H22N4O2. The number of hydrogen-bond donors (Lipinski definition) is 2. The molecule has 0 saturated carbocycles. The zero-order valence-corrected chi connectivity index (χ0v) is 16.4. The lowest BCUT2D eigenvalue weighted by atomic mass is 10.1. The smallest absolute Gasteiger partial charge is 0.269 e. The normalized spacial score (nSPS) is 10.7. The van der Waals surface area contributed by atoms with Crippen molar-refractivity contribution in [3.05, 3.63) is 102 Å². The third-order valence-electron chi connectivity index (χ3n) is 4.82. The highest BCUT2D eigenvalue weighted by Gasteiger charge is 2.15. The zero-order valence-electron chi connectivity index (χ0n) is 16.4. The van der Waals surface area contributed by atoms with Gasteiger partial charge in [-0.25, -0.2) is 0 Å². The molecule has 0 aliphatic carbocycles. The Bertz CT molecular complexity index is 1150. The standard InChI is InChI=1S/C24H22N4O2/c29-23(26-14-15-27-24(30)21-11-6-7-13-25-21)20-17-28(16-18-8-2-1-3-9-18)22-12-5-4-10-19(20)22/h1-13,17H,14-16H2,(H,26,29)(H,27,30). The molecule has 0 radical (unpaired) electrons. The molecule has 6 nitrogen and oxygen atoms in total. The second-order valence-corrected chi connectivity index (χ2v) is 6.90. The monoisotopic (exact) mass is 398 g/mol. The van der Waals surface area contributed by atoms with Crippen molar-refractivity contribution in [2.45, 2.75) is 6.54 Å². The molecule has 0 aliphatic rings. The van der Waals surface area contributed by atoms with Crippen LogP contribution in [0.4, 0.5) is 0 Å². The second-order valence-electron chi connectivity index (χ2n) is 6.90. The zero-order chi connectivity index (χ0) is 20.8. The van der Waals surface area contributed by atoms with Crippen molar-refractivity contribution in [2.24, 2.45) is 0 Å². The van der Waals surface area contributed by atoms with Crippen LogP contribution in [0, 0.1) is 0 Å². The van der Waals surface area contributed by atoms with Gasteiger partial charge in [0.15, 0.2) is 0 Å². The minimum absolute atomic E-state index is 0.162. The minimum Gasteiger partial charge on any atom is -0.350 e. The number of aromatic nitrogens is 2. The van der Waals surface area contributed by atoms with Crippen LogP contribution >= 0.6 is 0 Å². The van der Waals surface area contributed by atoms with Gasteiger partial charge in [0.25, 0.3) is 11.8 Å². The van der Waals surface area contributed by atoms with Gasteiger partial charge in [-0.2, -0.15) is 0 Å². The molecular weight excluding hydrogens is 376 g/mol. The molecule has 2 N–H and O–H groups in total. The van der Waals surface area contributed by atoms with Gasteiger partial charge in [-0.05, 0) is 23.8 Å². The third-order valence-corrected chi connectivity index (χ3v) is 4.82. The number of pyridine rings is 1. The lowest BCUT2D eigenvalue weighted by molar-refractivity contribution is 0.0925. The molecule has 0 saturated heterocycles. The van der Waals surface area contributed by atoms with E-state index in [2.05, 4.69) is 32.3 Å². The summed E-state index contributed by atoms with van der Waals surface area (Å²) in [7, 11) is 0. The van der Waals surface area contributed by atoms with Crippen molar-refractivity contribution in [3.8, 4) is 0 Å². The maximum atomic E-state index is 12.8. The minimum atomic E-state index is -0.260. The molecule has 0 bridgehead atoms. The van der Waals surface area contributed by atoms with Gasteiger partial charge < -0.3 is 15.2 Å². The quantitative estimate of drug-likeness (QED) is 0.469. The average Bonchev–Trinajstić information content (AvgIpc) is 3.16. The Balaban J connectivity index is 1.41. The summed E-state index contributed by atoms with van der Waals surface area (Å²) >= 11 is 0. The summed E-state index contributed by atoms with van der Waals surface area (Å²) in [4.78, 5) is 28.8. The van der Waals surface area contributed by atoms with Gasteiger partial charge in [0, 0.05) is 42.9 Å². The summed E-state index contributed by atoms with van der Waals surface area (Å²) < 4.78 is 2.09. The van der Waals surface area contributed by atoms with Crippen molar-refractivity contribution < 1.29 is 9.59 Å². The summed E-state index contributed by atoms with van der Waals surface area (Å²) in [6, 6.07) is 23.2. The Morgan fingerprint density at radius 2 is 1.50 bits per heavy atom. The fourth-order valence-electron chi connectivity index (χ4n) is 3.37. The maximum absolute atomic E-state index is 12.8. The predicted molar refractivity (Wildman–Crippen MR) is 116 cm³/mol. The molecule has 2 amide bonds. The van der Waals surface area contributed by atoms with Crippen LogP contribution in [0.5, 0.6) is 0 Å². The van der Waals surface area contributed by atoms with Gasteiger partial charge in [-0.1, -0.05) is 54.6 Å². The van der Waals surface area contributed by atoms with Gasteiger partial charge in [0.2, 0.25) is 0 Å². The summed E-state index contributed by atoms with van der Waals surface area (Å²) in [5, 5.41) is 6.55. The molecule has 2 aromatic carbocycles. The van der Waals surface area contributed by atoms with Crippen LogP contribution in [0.2, 0.25) is 0 Å². The van der Waals surface area contributed by atoms with Crippen LogP contribution in [0.25, 0.3) is 10.9 Å². The van der Waals surface area contributed by atoms with E-state index in [0.29, 0.717) is 30.9 Å². The molecule has 2 aromatic heterocycles. The largest absolute Gasteiger partial charge is 0.350 e. The molecule has 0 aliphatic heterocycles. The van der Waals surface area contributed by atoms with E-state index in [9.17, 15) is 9.59 Å². The number of fused-ring (bicyclic) bond motifs is 1. The van der Waals surface area contributed by atoms with Crippen molar-refractivity contribution in [1.29, 1.82) is 0 Å². The first-order valence-corrected chi connectivity index (χ1v) is 9.81. The van der Waals surface area contributed by atoms with Crippen molar-refractivity contribution >= 4 is 22.7 Å². The third kappa shape index (κ3) is 4.38. The van der Waals surface area contributed by atoms with Crippen LogP contribution in [0.15, 0.2) is 85.2 Å². The van der Waals surface area contributed by atoms with Crippen LogP contribution in [0.3, 0.4) is 0 Å². The Morgan fingerprint density at radius 3 is 2.27 bits per heavy atom. The maximum Gasteiger partial charge on any atom is 0.269 e. The van der Waals surface area contributed by atoms with Gasteiger partial charge >= 0.3 is 0 Å². The van der Waals surface area contributed by atoms with Crippen LogP contribution in [-0.2, 0) is 6.54 Å². The van der Waals surface area contributed by atoms with E-state index in [0.717, 1.165) is 10.9 Å². The Kier molecular flexibility index (Phi) is 5.85. The molecule has 0 spiro atoms. The Morgan fingerprint density at radius 1 is 0.800 bits per heavy atom. The van der Waals surface area contributed by atoms with Gasteiger partial charge in [-0.15, -0.1) is 0 Å². The number of para-hydroxylation sites is 1. The van der Waals surface area contributed by atoms with Gasteiger partial charge in [0.1, 0.15) is 5.69 Å². The number of hydrogen-bond acceptors (Lipinski definition) is 3. The number of benzene rings is 2. The fraction of sp³-hybridized carbons (Fsp3) is 0.125. The lowest BCUT2D eigenvalue weighted by Gasteiger charge is -2.06. The van der Waals surface area contributed by atoms with E-state index in [1.165, 1.54) is 5.56 Å². The fourth-order valence-corrected chi connectivity index (χ4v) is 3.37. The van der Waals surface area contributed by atoms with Gasteiger partial charge in [-0.3, -0.25) is 14.6 Å². The van der Waals surface area contributed by atoms with Crippen LogP contribution in [0.1, 0.15) is 26.4 Å². The summed E-state index contributed by atoms with van der Waals surface area (Å²) in [5.41, 5.74) is 3.16. The highest BCUT2D eigenvalue weighted by molar-refractivity contribution is 6.07. The van der Waals surface area contributed by atoms with Crippen LogP contribution in [-0.4, -0.2) is 34.5 Å². The van der Waals surface area contributed by atoms with E-state index in [4.69, 9.17) is 0 Å². The number of carbonyl (C=O) groups excluding carboxylic acids is 2. The van der Waals surface area contributed by atoms with Gasteiger partial charge in [0.05, 0.1) is 5.56 Å². The summed E-state index contributed by atoms with van der Waals surface area (Å²) in [5.74, 6) is -0.422. The van der Waals surface area contributed by atoms with Crippen LogP contribution < -0.4 is 10.6 Å². The molecule has 30 heavy (non-hydrogen) atoms. The molecule has 0 fully saturated rings. The topological polar surface area (TPSA) is 76.0 Å². The molecule has 4 aromatic rings. The first-order valence-electron chi connectivity index (χ1n) is 9.81. The number of carbonyl (C=O) groups is 2. The molecule has 0 atom stereocenters. The van der Waals surface area contributed by atoms with Crippen molar-refractivity contribution in [1.82, 2.24) is 20.2 Å². The first kappa shape index (κ1) is 19.4. The lowest BCUT2D eigenvalue weighted by Crippen LogP contribution is -2.34. The SMILES string of the molecule is O=C(NCCNC(=O)c1cn(Cc2ccccc2)c2ccccc12)c1ccccn1.